The predicted molar refractivity (Wildman–Crippen MR) is 95.1 cm³/mol. The van der Waals surface area contributed by atoms with Crippen molar-refractivity contribution < 1.29 is 9.53 Å². The first-order chi connectivity index (χ1) is 11.5. The molecule has 0 radical (unpaired) electrons. The Kier molecular flexibility index (Phi) is 4.49. The van der Waals surface area contributed by atoms with Gasteiger partial charge in [-0.3, -0.25) is 4.79 Å². The molecule has 6 heteroatoms. The fraction of sp³-hybridized carbons (Fsp3) is 0.389. The summed E-state index contributed by atoms with van der Waals surface area (Å²) in [5, 5.41) is 9.28. The maximum absolute atomic E-state index is 11.9. The number of fused-ring (bicyclic) bond motifs is 2. The lowest BCUT2D eigenvalue weighted by molar-refractivity contribution is -0.119. The number of benzene rings is 1. The van der Waals surface area contributed by atoms with Gasteiger partial charge in [0.25, 0.3) is 5.91 Å². The molecule has 1 aromatic carbocycles. The first kappa shape index (κ1) is 16.4. The Balaban J connectivity index is 2.18. The highest BCUT2D eigenvalue weighted by molar-refractivity contribution is 6.03. The van der Waals surface area contributed by atoms with Gasteiger partial charge in [-0.25, -0.2) is 9.67 Å². The summed E-state index contributed by atoms with van der Waals surface area (Å²) in [4.78, 5) is 16.7. The van der Waals surface area contributed by atoms with E-state index in [-0.39, 0.29) is 12.5 Å². The van der Waals surface area contributed by atoms with Crippen molar-refractivity contribution >= 4 is 33.7 Å². The van der Waals surface area contributed by atoms with Crippen LogP contribution < -0.4 is 5.32 Å². The van der Waals surface area contributed by atoms with Gasteiger partial charge in [-0.2, -0.15) is 5.10 Å². The standard InChI is InChI=1S/C18H22N4O2/c1-11(2)9-22-18-14(17(21-22)19-15(23)10-24-4)8-13-7-5-6-12(3)16(13)20-18/h5-8,11H,9-10H2,1-4H3,(H,19,21,23). The fourth-order valence-corrected chi connectivity index (χ4v) is 2.79. The van der Waals surface area contributed by atoms with Gasteiger partial charge in [0, 0.05) is 19.0 Å². The topological polar surface area (TPSA) is 69.0 Å². The number of nitrogens with zero attached hydrogens (tertiary/aromatic N) is 3. The fourth-order valence-electron chi connectivity index (χ4n) is 2.79. The van der Waals surface area contributed by atoms with Gasteiger partial charge in [0.2, 0.25) is 0 Å². The summed E-state index contributed by atoms with van der Waals surface area (Å²) in [6.45, 7) is 7.04. The highest BCUT2D eigenvalue weighted by atomic mass is 16.5. The molecule has 0 spiro atoms. The highest BCUT2D eigenvalue weighted by Gasteiger charge is 2.16. The van der Waals surface area contributed by atoms with Crippen molar-refractivity contribution in [3.63, 3.8) is 0 Å². The Labute approximate surface area is 140 Å². The number of amides is 1. The number of hydrogen-bond donors (Lipinski definition) is 1. The molecule has 6 nitrogen and oxygen atoms in total. The quantitative estimate of drug-likeness (QED) is 0.782. The molecule has 0 saturated heterocycles. The summed E-state index contributed by atoms with van der Waals surface area (Å²) in [7, 11) is 1.49. The molecule has 0 atom stereocenters. The average Bonchev–Trinajstić information content (AvgIpc) is 2.83. The Morgan fingerprint density at radius 1 is 1.38 bits per heavy atom. The van der Waals surface area contributed by atoms with E-state index in [0.29, 0.717) is 11.7 Å². The Morgan fingerprint density at radius 3 is 2.88 bits per heavy atom. The van der Waals surface area contributed by atoms with Crippen molar-refractivity contribution in [3.8, 4) is 0 Å². The summed E-state index contributed by atoms with van der Waals surface area (Å²) in [6.07, 6.45) is 0. The van der Waals surface area contributed by atoms with Crippen molar-refractivity contribution in [1.29, 1.82) is 0 Å². The minimum atomic E-state index is -0.224. The molecule has 3 aromatic rings. The van der Waals surface area contributed by atoms with E-state index in [9.17, 15) is 4.79 Å². The smallest absolute Gasteiger partial charge is 0.251 e. The van der Waals surface area contributed by atoms with E-state index in [4.69, 9.17) is 9.72 Å². The van der Waals surface area contributed by atoms with Crippen LogP contribution in [0.4, 0.5) is 5.82 Å². The van der Waals surface area contributed by atoms with Gasteiger partial charge in [-0.05, 0) is 24.5 Å². The van der Waals surface area contributed by atoms with E-state index in [0.717, 1.165) is 34.0 Å². The third kappa shape index (κ3) is 3.10. The number of rotatable bonds is 5. The molecule has 0 aliphatic heterocycles. The van der Waals surface area contributed by atoms with E-state index in [1.807, 2.05) is 35.9 Å². The molecule has 0 bridgehead atoms. The van der Waals surface area contributed by atoms with Crippen LogP contribution in [0.3, 0.4) is 0 Å². The van der Waals surface area contributed by atoms with Gasteiger partial charge in [0.1, 0.15) is 6.61 Å². The Bertz CT molecular complexity index is 899. The SMILES string of the molecule is COCC(=O)Nc1nn(CC(C)C)c2nc3c(C)cccc3cc12. The van der Waals surface area contributed by atoms with Gasteiger partial charge in [0.15, 0.2) is 11.5 Å². The van der Waals surface area contributed by atoms with Crippen LogP contribution in [0, 0.1) is 12.8 Å². The predicted octanol–water partition coefficient (Wildman–Crippen LogP) is 3.13. The van der Waals surface area contributed by atoms with Gasteiger partial charge in [0.05, 0.1) is 10.9 Å². The number of methoxy groups -OCH3 is 1. The third-order valence-corrected chi connectivity index (χ3v) is 3.82. The molecule has 3 rings (SSSR count). The molecule has 0 aliphatic rings. The average molecular weight is 326 g/mol. The molecule has 0 saturated carbocycles. The third-order valence-electron chi connectivity index (χ3n) is 3.82. The Morgan fingerprint density at radius 2 is 2.17 bits per heavy atom. The van der Waals surface area contributed by atoms with Crippen molar-refractivity contribution in [2.24, 2.45) is 5.92 Å². The molecule has 126 valence electrons. The summed E-state index contributed by atoms with van der Waals surface area (Å²) < 4.78 is 6.75. The minimum absolute atomic E-state index is 0.00134. The summed E-state index contributed by atoms with van der Waals surface area (Å²) >= 11 is 0. The van der Waals surface area contributed by atoms with Crippen LogP contribution in [0.5, 0.6) is 0 Å². The maximum Gasteiger partial charge on any atom is 0.251 e. The van der Waals surface area contributed by atoms with Gasteiger partial charge in [-0.15, -0.1) is 0 Å². The number of nitrogens with one attached hydrogen (secondary N) is 1. The van der Waals surface area contributed by atoms with E-state index in [2.05, 4.69) is 24.3 Å². The second kappa shape index (κ2) is 6.57. The zero-order chi connectivity index (χ0) is 17.3. The number of para-hydroxylation sites is 1. The number of anilines is 1. The summed E-state index contributed by atoms with van der Waals surface area (Å²) in [5.41, 5.74) is 2.87. The monoisotopic (exact) mass is 326 g/mol. The molecule has 1 amide bonds. The first-order valence-electron chi connectivity index (χ1n) is 8.05. The number of carbonyl (C=O) groups excluding carboxylic acids is 1. The molecule has 1 N–H and O–H groups in total. The van der Waals surface area contributed by atoms with E-state index >= 15 is 0 Å². The number of carbonyl (C=O) groups is 1. The lowest BCUT2D eigenvalue weighted by Gasteiger charge is -2.06. The van der Waals surface area contributed by atoms with Crippen molar-refractivity contribution in [3.05, 3.63) is 29.8 Å². The molecule has 0 fully saturated rings. The zero-order valence-electron chi connectivity index (χ0n) is 14.5. The Hall–Kier alpha value is -2.47. The van der Waals surface area contributed by atoms with Crippen LogP contribution >= 0.6 is 0 Å². The molecule has 2 heterocycles. The summed E-state index contributed by atoms with van der Waals surface area (Å²) in [5.74, 6) is 0.728. The van der Waals surface area contributed by atoms with Gasteiger partial charge < -0.3 is 10.1 Å². The van der Waals surface area contributed by atoms with Crippen molar-refractivity contribution in [2.45, 2.75) is 27.3 Å². The molecular weight excluding hydrogens is 304 g/mol. The van der Waals surface area contributed by atoms with Crippen LogP contribution in [0.2, 0.25) is 0 Å². The largest absolute Gasteiger partial charge is 0.375 e. The van der Waals surface area contributed by atoms with Crippen LogP contribution in [-0.4, -0.2) is 34.4 Å². The first-order valence-corrected chi connectivity index (χ1v) is 8.05. The lowest BCUT2D eigenvalue weighted by atomic mass is 10.1. The summed E-state index contributed by atoms with van der Waals surface area (Å²) in [6, 6.07) is 8.12. The van der Waals surface area contributed by atoms with E-state index in [1.165, 1.54) is 7.11 Å². The number of ether oxygens (including phenoxy) is 1. The van der Waals surface area contributed by atoms with E-state index in [1.54, 1.807) is 0 Å². The number of aromatic nitrogens is 3. The number of hydrogen-bond acceptors (Lipinski definition) is 4. The number of aryl methyl sites for hydroxylation is 1. The van der Waals surface area contributed by atoms with Crippen LogP contribution in [-0.2, 0) is 16.1 Å². The molecule has 0 aliphatic carbocycles. The maximum atomic E-state index is 11.9. The van der Waals surface area contributed by atoms with Crippen LogP contribution in [0.1, 0.15) is 19.4 Å². The normalized spacial score (nSPS) is 11.5. The second-order valence-corrected chi connectivity index (χ2v) is 6.41. The zero-order valence-corrected chi connectivity index (χ0v) is 14.5. The highest BCUT2D eigenvalue weighted by Crippen LogP contribution is 2.27. The van der Waals surface area contributed by atoms with E-state index < -0.39 is 0 Å². The van der Waals surface area contributed by atoms with Crippen LogP contribution in [0.15, 0.2) is 24.3 Å². The van der Waals surface area contributed by atoms with Gasteiger partial charge in [-0.1, -0.05) is 32.0 Å². The lowest BCUT2D eigenvalue weighted by Crippen LogP contribution is -2.18. The molecule has 2 aromatic heterocycles. The van der Waals surface area contributed by atoms with Crippen molar-refractivity contribution in [2.75, 3.05) is 19.0 Å². The number of pyridine rings is 1. The van der Waals surface area contributed by atoms with Crippen LogP contribution in [0.25, 0.3) is 21.9 Å². The minimum Gasteiger partial charge on any atom is -0.375 e. The van der Waals surface area contributed by atoms with Crippen molar-refractivity contribution in [1.82, 2.24) is 14.8 Å². The van der Waals surface area contributed by atoms with Gasteiger partial charge >= 0.3 is 0 Å². The molecule has 24 heavy (non-hydrogen) atoms. The molecular formula is C18H22N4O2. The molecule has 0 unspecified atom stereocenters. The second-order valence-electron chi connectivity index (χ2n) is 6.41.